The molecule has 0 atom stereocenters. The molecule has 0 radical (unpaired) electrons. The third kappa shape index (κ3) is 4.32. The van der Waals surface area contributed by atoms with Gasteiger partial charge in [-0.2, -0.15) is 5.10 Å². The van der Waals surface area contributed by atoms with Crippen molar-refractivity contribution in [1.82, 2.24) is 15.1 Å². The fraction of sp³-hybridized carbons (Fsp3) is 0.375. The molecule has 0 saturated carbocycles. The van der Waals surface area contributed by atoms with Crippen molar-refractivity contribution in [2.24, 2.45) is 5.73 Å². The van der Waals surface area contributed by atoms with Crippen LogP contribution in [0.15, 0.2) is 30.3 Å². The fourth-order valence-electron chi connectivity index (χ4n) is 2.30. The molecular weight excluding hydrogens is 300 g/mol. The summed E-state index contributed by atoms with van der Waals surface area (Å²) >= 11 is 0. The summed E-state index contributed by atoms with van der Waals surface area (Å²) in [6.07, 6.45) is 1.15. The molecule has 0 aliphatic carbocycles. The van der Waals surface area contributed by atoms with Gasteiger partial charge in [0, 0.05) is 17.8 Å². The molecule has 3 N–H and O–H groups in total. The minimum atomic E-state index is 0. The Morgan fingerprint density at radius 2 is 1.95 bits per heavy atom. The molecule has 0 fully saturated rings. The highest BCUT2D eigenvalue weighted by Gasteiger charge is 2.15. The highest BCUT2D eigenvalue weighted by molar-refractivity contribution is 5.85. The van der Waals surface area contributed by atoms with Crippen LogP contribution in [0.2, 0.25) is 0 Å². The van der Waals surface area contributed by atoms with Crippen LogP contribution in [0, 0.1) is 13.8 Å². The minimum absolute atomic E-state index is 0. The van der Waals surface area contributed by atoms with Crippen molar-refractivity contribution in [3.05, 3.63) is 47.3 Å². The van der Waals surface area contributed by atoms with E-state index in [0.717, 1.165) is 29.1 Å². The SMILES string of the molecule is Cc1nn(-c2ccccc2)c(C)c1CC(=O)NCCCN.Cl. The maximum atomic E-state index is 11.9. The van der Waals surface area contributed by atoms with Gasteiger partial charge in [-0.25, -0.2) is 4.68 Å². The number of rotatable bonds is 6. The number of para-hydroxylation sites is 1. The van der Waals surface area contributed by atoms with Crippen LogP contribution in [0.3, 0.4) is 0 Å². The number of aryl methyl sites for hydroxylation is 1. The summed E-state index contributed by atoms with van der Waals surface area (Å²) in [4.78, 5) is 11.9. The molecule has 0 saturated heterocycles. The lowest BCUT2D eigenvalue weighted by atomic mass is 10.1. The Balaban J connectivity index is 0.00000242. The van der Waals surface area contributed by atoms with Crippen LogP contribution in [-0.2, 0) is 11.2 Å². The normalized spacial score (nSPS) is 10.1. The third-order valence-electron chi connectivity index (χ3n) is 3.48. The summed E-state index contributed by atoms with van der Waals surface area (Å²) in [7, 11) is 0. The van der Waals surface area contributed by atoms with Gasteiger partial charge in [0.15, 0.2) is 0 Å². The van der Waals surface area contributed by atoms with Gasteiger partial charge in [0.1, 0.15) is 0 Å². The van der Waals surface area contributed by atoms with Gasteiger partial charge in [0.2, 0.25) is 5.91 Å². The van der Waals surface area contributed by atoms with Crippen LogP contribution in [0.25, 0.3) is 5.69 Å². The Morgan fingerprint density at radius 1 is 1.27 bits per heavy atom. The average molecular weight is 323 g/mol. The third-order valence-corrected chi connectivity index (χ3v) is 3.48. The average Bonchev–Trinajstić information content (AvgIpc) is 2.76. The van der Waals surface area contributed by atoms with Crippen molar-refractivity contribution in [2.45, 2.75) is 26.7 Å². The number of carbonyl (C=O) groups excluding carboxylic acids is 1. The zero-order valence-electron chi connectivity index (χ0n) is 13.0. The standard InChI is InChI=1S/C16H22N4O.ClH/c1-12-15(11-16(21)18-10-6-9-17)13(2)20(19-12)14-7-4-3-5-8-14;/h3-5,7-8H,6,9-11,17H2,1-2H3,(H,18,21);1H. The molecule has 120 valence electrons. The first-order chi connectivity index (χ1) is 10.1. The van der Waals surface area contributed by atoms with Crippen LogP contribution in [-0.4, -0.2) is 28.8 Å². The zero-order valence-corrected chi connectivity index (χ0v) is 13.8. The highest BCUT2D eigenvalue weighted by atomic mass is 35.5. The van der Waals surface area contributed by atoms with Crippen molar-refractivity contribution < 1.29 is 4.79 Å². The van der Waals surface area contributed by atoms with Gasteiger partial charge in [0.05, 0.1) is 17.8 Å². The van der Waals surface area contributed by atoms with Gasteiger partial charge in [-0.05, 0) is 38.9 Å². The Morgan fingerprint density at radius 3 is 2.59 bits per heavy atom. The number of nitrogens with two attached hydrogens (primary N) is 1. The van der Waals surface area contributed by atoms with E-state index in [4.69, 9.17) is 5.73 Å². The number of amides is 1. The fourth-order valence-corrected chi connectivity index (χ4v) is 2.30. The molecule has 1 aromatic heterocycles. The first-order valence-electron chi connectivity index (χ1n) is 7.20. The van der Waals surface area contributed by atoms with Crippen molar-refractivity contribution >= 4 is 18.3 Å². The number of aromatic nitrogens is 2. The lowest BCUT2D eigenvalue weighted by Gasteiger charge is -2.06. The van der Waals surface area contributed by atoms with Gasteiger partial charge < -0.3 is 11.1 Å². The zero-order chi connectivity index (χ0) is 15.2. The second-order valence-electron chi connectivity index (χ2n) is 5.07. The van der Waals surface area contributed by atoms with Gasteiger partial charge in [0.25, 0.3) is 0 Å². The van der Waals surface area contributed by atoms with E-state index in [0.29, 0.717) is 19.5 Å². The Kier molecular flexibility index (Phi) is 7.08. The molecule has 0 bridgehead atoms. The molecule has 2 rings (SSSR count). The lowest BCUT2D eigenvalue weighted by Crippen LogP contribution is -2.27. The number of nitrogens with one attached hydrogen (secondary N) is 1. The molecule has 0 aliphatic heterocycles. The second-order valence-corrected chi connectivity index (χ2v) is 5.07. The van der Waals surface area contributed by atoms with E-state index in [2.05, 4.69) is 10.4 Å². The van der Waals surface area contributed by atoms with E-state index in [1.165, 1.54) is 0 Å². The van der Waals surface area contributed by atoms with Crippen molar-refractivity contribution in [2.75, 3.05) is 13.1 Å². The molecule has 22 heavy (non-hydrogen) atoms. The van der Waals surface area contributed by atoms with E-state index >= 15 is 0 Å². The number of benzene rings is 1. The highest BCUT2D eigenvalue weighted by Crippen LogP contribution is 2.18. The second kappa shape index (κ2) is 8.56. The van der Waals surface area contributed by atoms with E-state index in [9.17, 15) is 4.79 Å². The van der Waals surface area contributed by atoms with E-state index in [1.54, 1.807) is 0 Å². The molecule has 1 heterocycles. The molecule has 1 amide bonds. The van der Waals surface area contributed by atoms with Crippen molar-refractivity contribution in [1.29, 1.82) is 0 Å². The topological polar surface area (TPSA) is 72.9 Å². The summed E-state index contributed by atoms with van der Waals surface area (Å²) in [5.74, 6) is 0.0160. The predicted octanol–water partition coefficient (Wildman–Crippen LogP) is 1.92. The number of hydrogen-bond acceptors (Lipinski definition) is 3. The summed E-state index contributed by atoms with van der Waals surface area (Å²) in [6, 6.07) is 9.94. The van der Waals surface area contributed by atoms with E-state index in [-0.39, 0.29) is 18.3 Å². The molecular formula is C16H23ClN4O. The number of halogens is 1. The quantitative estimate of drug-likeness (QED) is 0.798. The summed E-state index contributed by atoms with van der Waals surface area (Å²) < 4.78 is 1.89. The number of nitrogens with zero attached hydrogens (tertiary/aromatic N) is 2. The molecule has 0 unspecified atom stereocenters. The summed E-state index contributed by atoms with van der Waals surface area (Å²) in [6.45, 7) is 5.15. The van der Waals surface area contributed by atoms with E-state index in [1.807, 2.05) is 48.9 Å². The van der Waals surface area contributed by atoms with Crippen LogP contribution >= 0.6 is 12.4 Å². The first kappa shape index (κ1) is 18.2. The van der Waals surface area contributed by atoms with Gasteiger partial charge in [-0.1, -0.05) is 18.2 Å². The molecule has 0 spiro atoms. The lowest BCUT2D eigenvalue weighted by molar-refractivity contribution is -0.120. The maximum absolute atomic E-state index is 11.9. The van der Waals surface area contributed by atoms with Crippen LogP contribution in [0.5, 0.6) is 0 Å². The van der Waals surface area contributed by atoms with Crippen molar-refractivity contribution in [3.8, 4) is 5.69 Å². The Bertz CT molecular complexity index is 610. The Labute approximate surface area is 137 Å². The number of hydrogen-bond donors (Lipinski definition) is 2. The smallest absolute Gasteiger partial charge is 0.224 e. The molecule has 5 nitrogen and oxygen atoms in total. The van der Waals surface area contributed by atoms with Crippen LogP contribution in [0.1, 0.15) is 23.4 Å². The van der Waals surface area contributed by atoms with Gasteiger partial charge >= 0.3 is 0 Å². The monoisotopic (exact) mass is 322 g/mol. The minimum Gasteiger partial charge on any atom is -0.356 e. The van der Waals surface area contributed by atoms with E-state index < -0.39 is 0 Å². The maximum Gasteiger partial charge on any atom is 0.224 e. The number of carbonyl (C=O) groups is 1. The van der Waals surface area contributed by atoms with Crippen molar-refractivity contribution in [3.63, 3.8) is 0 Å². The van der Waals surface area contributed by atoms with Gasteiger partial charge in [-0.15, -0.1) is 12.4 Å². The summed E-state index contributed by atoms with van der Waals surface area (Å²) in [5, 5.41) is 7.43. The largest absolute Gasteiger partial charge is 0.356 e. The van der Waals surface area contributed by atoms with Gasteiger partial charge in [-0.3, -0.25) is 4.79 Å². The first-order valence-corrected chi connectivity index (χ1v) is 7.20. The molecule has 0 aliphatic rings. The molecule has 1 aromatic carbocycles. The molecule has 2 aromatic rings. The van der Waals surface area contributed by atoms with Crippen LogP contribution in [0.4, 0.5) is 0 Å². The Hall–Kier alpha value is -1.85. The predicted molar refractivity (Wildman–Crippen MR) is 90.7 cm³/mol. The van der Waals surface area contributed by atoms with Crippen LogP contribution < -0.4 is 11.1 Å². The summed E-state index contributed by atoms with van der Waals surface area (Å²) in [5.41, 5.74) is 9.32. The molecule has 6 heteroatoms.